The molecule has 1 amide bonds. The summed E-state index contributed by atoms with van der Waals surface area (Å²) in [5, 5.41) is 8.93. The summed E-state index contributed by atoms with van der Waals surface area (Å²) in [6, 6.07) is 11.8. The fraction of sp³-hybridized carbons (Fsp3) is 0.263. The average Bonchev–Trinajstić information content (AvgIpc) is 3.29. The number of anilines is 1. The average molecular weight is 419 g/mol. The Morgan fingerprint density at radius 3 is 2.64 bits per heavy atom. The van der Waals surface area contributed by atoms with Gasteiger partial charge < -0.3 is 5.32 Å². The van der Waals surface area contributed by atoms with Crippen LogP contribution < -0.4 is 10.0 Å². The maximum Gasteiger partial charge on any atom is 0.271 e. The van der Waals surface area contributed by atoms with Crippen molar-refractivity contribution in [3.05, 3.63) is 64.8 Å². The van der Waals surface area contributed by atoms with Gasteiger partial charge in [0.2, 0.25) is 0 Å². The van der Waals surface area contributed by atoms with Crippen molar-refractivity contribution < 1.29 is 13.2 Å². The van der Waals surface area contributed by atoms with Crippen LogP contribution in [-0.2, 0) is 16.6 Å². The lowest BCUT2D eigenvalue weighted by Gasteiger charge is -2.12. The van der Waals surface area contributed by atoms with E-state index in [1.165, 1.54) is 6.07 Å². The Kier molecular flexibility index (Phi) is 6.15. The molecular formula is C19H22N4O3S2. The predicted octanol–water partition coefficient (Wildman–Crippen LogP) is 3.18. The molecule has 0 saturated heterocycles. The number of hydrogen-bond donors (Lipinski definition) is 2. The maximum absolute atomic E-state index is 12.6. The van der Waals surface area contributed by atoms with Crippen molar-refractivity contribution in [2.75, 3.05) is 11.3 Å². The van der Waals surface area contributed by atoms with E-state index in [0.29, 0.717) is 13.1 Å². The third-order valence-corrected chi connectivity index (χ3v) is 6.87. The highest BCUT2D eigenvalue weighted by Crippen LogP contribution is 2.22. The second-order valence-electron chi connectivity index (χ2n) is 6.34. The SMILES string of the molecule is Cc1cc(C)n(CCCNC(=O)c2ccccc2NS(=O)(=O)c2cccs2)n1. The second kappa shape index (κ2) is 8.57. The van der Waals surface area contributed by atoms with Crippen LogP contribution in [0.1, 0.15) is 28.2 Å². The largest absolute Gasteiger partial charge is 0.352 e. The molecule has 0 atom stereocenters. The lowest BCUT2D eigenvalue weighted by atomic mass is 10.1. The molecule has 0 saturated carbocycles. The Morgan fingerprint density at radius 2 is 1.96 bits per heavy atom. The zero-order valence-electron chi connectivity index (χ0n) is 15.7. The van der Waals surface area contributed by atoms with Crippen molar-refractivity contribution in [1.29, 1.82) is 0 Å². The number of aromatic nitrogens is 2. The summed E-state index contributed by atoms with van der Waals surface area (Å²) in [6.07, 6.45) is 0.719. The zero-order chi connectivity index (χ0) is 20.1. The van der Waals surface area contributed by atoms with Crippen molar-refractivity contribution >= 4 is 33.0 Å². The number of amides is 1. The van der Waals surface area contributed by atoms with Gasteiger partial charge in [-0.25, -0.2) is 8.42 Å². The van der Waals surface area contributed by atoms with Crippen LogP contribution in [0.2, 0.25) is 0 Å². The predicted molar refractivity (Wildman–Crippen MR) is 110 cm³/mol. The van der Waals surface area contributed by atoms with Crippen molar-refractivity contribution in [3.63, 3.8) is 0 Å². The molecule has 0 aliphatic heterocycles. The normalized spacial score (nSPS) is 11.4. The molecule has 148 valence electrons. The van der Waals surface area contributed by atoms with Gasteiger partial charge in [-0.1, -0.05) is 18.2 Å². The summed E-state index contributed by atoms with van der Waals surface area (Å²) < 4.78 is 29.5. The molecule has 0 bridgehead atoms. The van der Waals surface area contributed by atoms with Gasteiger partial charge in [0.15, 0.2) is 0 Å². The first-order valence-electron chi connectivity index (χ1n) is 8.81. The van der Waals surface area contributed by atoms with Crippen LogP contribution in [0.15, 0.2) is 52.1 Å². The van der Waals surface area contributed by atoms with Gasteiger partial charge in [0, 0.05) is 18.8 Å². The van der Waals surface area contributed by atoms with E-state index in [1.54, 1.807) is 35.7 Å². The number of nitrogens with one attached hydrogen (secondary N) is 2. The molecule has 28 heavy (non-hydrogen) atoms. The van der Waals surface area contributed by atoms with Gasteiger partial charge in [-0.3, -0.25) is 14.2 Å². The van der Waals surface area contributed by atoms with Crippen LogP contribution >= 0.6 is 11.3 Å². The molecule has 9 heteroatoms. The van der Waals surface area contributed by atoms with Gasteiger partial charge in [0.1, 0.15) is 4.21 Å². The Balaban J connectivity index is 1.62. The smallest absolute Gasteiger partial charge is 0.271 e. The highest BCUT2D eigenvalue weighted by molar-refractivity contribution is 7.94. The first-order chi connectivity index (χ1) is 13.4. The van der Waals surface area contributed by atoms with Gasteiger partial charge in [0.25, 0.3) is 15.9 Å². The Morgan fingerprint density at radius 1 is 1.18 bits per heavy atom. The van der Waals surface area contributed by atoms with E-state index < -0.39 is 10.0 Å². The number of carbonyl (C=O) groups is 1. The number of carbonyl (C=O) groups excluding carboxylic acids is 1. The Labute approximate surface area is 168 Å². The van der Waals surface area contributed by atoms with Crippen LogP contribution in [0.25, 0.3) is 0 Å². The Hall–Kier alpha value is -2.65. The van der Waals surface area contributed by atoms with Crippen LogP contribution in [0.5, 0.6) is 0 Å². The second-order valence-corrected chi connectivity index (χ2v) is 9.20. The monoisotopic (exact) mass is 418 g/mol. The molecule has 0 aliphatic rings. The fourth-order valence-corrected chi connectivity index (χ4v) is 4.88. The van der Waals surface area contributed by atoms with E-state index in [0.717, 1.165) is 29.1 Å². The highest BCUT2D eigenvalue weighted by atomic mass is 32.2. The molecule has 2 aromatic heterocycles. The van der Waals surface area contributed by atoms with E-state index in [4.69, 9.17) is 0 Å². The number of sulfonamides is 1. The summed E-state index contributed by atoms with van der Waals surface area (Å²) in [5.41, 5.74) is 2.59. The maximum atomic E-state index is 12.6. The minimum Gasteiger partial charge on any atom is -0.352 e. The van der Waals surface area contributed by atoms with E-state index in [-0.39, 0.29) is 21.4 Å². The third kappa shape index (κ3) is 4.79. The molecule has 1 aromatic carbocycles. The molecule has 0 fully saturated rings. The topological polar surface area (TPSA) is 93.1 Å². The minimum absolute atomic E-state index is 0.201. The summed E-state index contributed by atoms with van der Waals surface area (Å²) in [7, 11) is -3.71. The molecule has 0 spiro atoms. The van der Waals surface area contributed by atoms with Gasteiger partial charge in [-0.05, 0) is 49.9 Å². The zero-order valence-corrected chi connectivity index (χ0v) is 17.3. The molecular weight excluding hydrogens is 396 g/mol. The lowest BCUT2D eigenvalue weighted by Crippen LogP contribution is -2.27. The summed E-state index contributed by atoms with van der Waals surface area (Å²) in [5.74, 6) is -0.321. The molecule has 3 rings (SSSR count). The fourth-order valence-electron chi connectivity index (χ4n) is 2.81. The molecule has 3 aromatic rings. The van der Waals surface area contributed by atoms with Gasteiger partial charge in [-0.15, -0.1) is 11.3 Å². The minimum atomic E-state index is -3.71. The number of benzene rings is 1. The first kappa shape index (κ1) is 20.1. The molecule has 2 heterocycles. The Bertz CT molecular complexity index is 1060. The van der Waals surface area contributed by atoms with Gasteiger partial charge in [-0.2, -0.15) is 5.10 Å². The van der Waals surface area contributed by atoms with Crippen LogP contribution in [0.4, 0.5) is 5.69 Å². The summed E-state index contributed by atoms with van der Waals surface area (Å²) >= 11 is 1.12. The standard InChI is InChI=1S/C19H22N4O3S2/c1-14-13-15(2)23(21-14)11-6-10-20-19(24)16-7-3-4-8-17(16)22-28(25,26)18-9-5-12-27-18/h3-5,7-9,12-13,22H,6,10-11H2,1-2H3,(H,20,24). The van der Waals surface area contributed by atoms with Crippen LogP contribution in [-0.4, -0.2) is 30.7 Å². The van der Waals surface area contributed by atoms with E-state index in [2.05, 4.69) is 15.1 Å². The third-order valence-electron chi connectivity index (χ3n) is 4.11. The van der Waals surface area contributed by atoms with Crippen LogP contribution in [0, 0.1) is 13.8 Å². The van der Waals surface area contributed by atoms with Crippen molar-refractivity contribution in [2.45, 2.75) is 31.0 Å². The van der Waals surface area contributed by atoms with Gasteiger partial charge >= 0.3 is 0 Å². The molecule has 2 N–H and O–H groups in total. The van der Waals surface area contributed by atoms with Crippen molar-refractivity contribution in [2.24, 2.45) is 0 Å². The van der Waals surface area contributed by atoms with E-state index in [1.807, 2.05) is 24.6 Å². The number of hydrogen-bond acceptors (Lipinski definition) is 5. The number of nitrogens with zero attached hydrogens (tertiary/aromatic N) is 2. The highest BCUT2D eigenvalue weighted by Gasteiger charge is 2.19. The number of thiophene rings is 1. The van der Waals surface area contributed by atoms with Crippen molar-refractivity contribution in [1.82, 2.24) is 15.1 Å². The number of para-hydroxylation sites is 1. The summed E-state index contributed by atoms with van der Waals surface area (Å²) in [6.45, 7) is 5.10. The quantitative estimate of drug-likeness (QED) is 0.550. The van der Waals surface area contributed by atoms with Crippen LogP contribution in [0.3, 0.4) is 0 Å². The van der Waals surface area contributed by atoms with Gasteiger partial charge in [0.05, 0.1) is 16.9 Å². The van der Waals surface area contributed by atoms with Crippen molar-refractivity contribution in [3.8, 4) is 0 Å². The summed E-state index contributed by atoms with van der Waals surface area (Å²) in [4.78, 5) is 12.6. The lowest BCUT2D eigenvalue weighted by molar-refractivity contribution is 0.0953. The molecule has 0 unspecified atom stereocenters. The van der Waals surface area contributed by atoms with E-state index >= 15 is 0 Å². The number of aryl methyl sites for hydroxylation is 3. The first-order valence-corrected chi connectivity index (χ1v) is 11.2. The van der Waals surface area contributed by atoms with E-state index in [9.17, 15) is 13.2 Å². The number of rotatable bonds is 8. The molecule has 7 nitrogen and oxygen atoms in total. The molecule has 0 aliphatic carbocycles. The molecule has 0 radical (unpaired) electrons.